The number of anilines is 1. The number of aryl methyl sites for hydroxylation is 2. The van der Waals surface area contributed by atoms with Gasteiger partial charge >= 0.3 is 0 Å². The highest BCUT2D eigenvalue weighted by Gasteiger charge is 2.19. The smallest absolute Gasteiger partial charge is 0.272 e. The second kappa shape index (κ2) is 7.55. The van der Waals surface area contributed by atoms with Crippen LogP contribution in [-0.2, 0) is 13.6 Å². The molecule has 7 heteroatoms. The Labute approximate surface area is 148 Å². The molecular weight excluding hydrogens is 318 g/mol. The van der Waals surface area contributed by atoms with Crippen LogP contribution in [0.25, 0.3) is 0 Å². The summed E-state index contributed by atoms with van der Waals surface area (Å²) in [7, 11) is 3.50. The number of hydrogen-bond donors (Lipinski definition) is 1. The molecule has 2 aromatic heterocycles. The molecule has 1 fully saturated rings. The second-order valence-corrected chi connectivity index (χ2v) is 6.34. The van der Waals surface area contributed by atoms with Crippen molar-refractivity contribution >= 4 is 11.6 Å². The maximum Gasteiger partial charge on any atom is 0.272 e. The summed E-state index contributed by atoms with van der Waals surface area (Å²) >= 11 is 0. The van der Waals surface area contributed by atoms with Crippen LogP contribution in [0.5, 0.6) is 5.88 Å². The Hall–Kier alpha value is -2.57. The molecular formula is C18H25N5O2. The standard InChI is InChI=1S/C18H25N5O2/c1-13-15(18(25-3)22(2)21-13)12-19-14-7-8-16(20-11-14)17(24)23-9-5-4-6-10-23/h7-8,11,19H,4-6,9-10,12H2,1-3H3. The van der Waals surface area contributed by atoms with Crippen molar-refractivity contribution in [3.63, 3.8) is 0 Å². The first-order chi connectivity index (χ1) is 12.1. The Morgan fingerprint density at radius 1 is 1.28 bits per heavy atom. The third kappa shape index (κ3) is 3.75. The molecule has 1 saturated heterocycles. The molecule has 0 aromatic carbocycles. The Morgan fingerprint density at radius 2 is 2.04 bits per heavy atom. The highest BCUT2D eigenvalue weighted by atomic mass is 16.5. The molecule has 0 bridgehead atoms. The van der Waals surface area contributed by atoms with E-state index in [1.54, 1.807) is 24.1 Å². The number of hydrogen-bond acceptors (Lipinski definition) is 5. The van der Waals surface area contributed by atoms with Crippen molar-refractivity contribution in [3.05, 3.63) is 35.3 Å². The highest BCUT2D eigenvalue weighted by Crippen LogP contribution is 2.22. The quantitative estimate of drug-likeness (QED) is 0.902. The Morgan fingerprint density at radius 3 is 2.68 bits per heavy atom. The van der Waals surface area contributed by atoms with Crippen LogP contribution in [0.1, 0.15) is 41.0 Å². The molecule has 1 aliphatic heterocycles. The molecule has 134 valence electrons. The van der Waals surface area contributed by atoms with Gasteiger partial charge in [0.25, 0.3) is 5.91 Å². The Bertz CT molecular complexity index is 733. The summed E-state index contributed by atoms with van der Waals surface area (Å²) in [6.45, 7) is 4.21. The summed E-state index contributed by atoms with van der Waals surface area (Å²) in [5.41, 5.74) is 3.30. The van der Waals surface area contributed by atoms with Crippen LogP contribution in [0.3, 0.4) is 0 Å². The van der Waals surface area contributed by atoms with Gasteiger partial charge in [-0.2, -0.15) is 5.10 Å². The number of carbonyl (C=O) groups is 1. The van der Waals surface area contributed by atoms with Gasteiger partial charge in [-0.3, -0.25) is 4.79 Å². The number of aromatic nitrogens is 3. The maximum absolute atomic E-state index is 12.4. The molecule has 1 N–H and O–H groups in total. The number of amides is 1. The van der Waals surface area contributed by atoms with Crippen molar-refractivity contribution < 1.29 is 9.53 Å². The highest BCUT2D eigenvalue weighted by molar-refractivity contribution is 5.92. The molecule has 0 aliphatic carbocycles. The fourth-order valence-electron chi connectivity index (χ4n) is 3.21. The van der Waals surface area contributed by atoms with Crippen molar-refractivity contribution in [2.24, 2.45) is 7.05 Å². The zero-order valence-electron chi connectivity index (χ0n) is 15.1. The minimum absolute atomic E-state index is 0.0241. The van der Waals surface area contributed by atoms with Crippen LogP contribution in [0.15, 0.2) is 18.3 Å². The van der Waals surface area contributed by atoms with Crippen molar-refractivity contribution in [1.29, 1.82) is 0 Å². The molecule has 0 radical (unpaired) electrons. The number of nitrogens with one attached hydrogen (secondary N) is 1. The van der Waals surface area contributed by atoms with Gasteiger partial charge in [0.2, 0.25) is 5.88 Å². The van der Waals surface area contributed by atoms with E-state index in [4.69, 9.17) is 4.74 Å². The van der Waals surface area contributed by atoms with Crippen molar-refractivity contribution in [3.8, 4) is 5.88 Å². The molecule has 3 heterocycles. The third-order valence-corrected chi connectivity index (χ3v) is 4.58. The number of piperidine rings is 1. The van der Waals surface area contributed by atoms with E-state index in [2.05, 4.69) is 15.4 Å². The number of methoxy groups -OCH3 is 1. The maximum atomic E-state index is 12.4. The lowest BCUT2D eigenvalue weighted by Crippen LogP contribution is -2.36. The van der Waals surface area contributed by atoms with E-state index in [9.17, 15) is 4.79 Å². The van der Waals surface area contributed by atoms with E-state index in [0.29, 0.717) is 12.2 Å². The predicted molar refractivity (Wildman–Crippen MR) is 95.8 cm³/mol. The van der Waals surface area contributed by atoms with E-state index in [-0.39, 0.29) is 5.91 Å². The zero-order valence-corrected chi connectivity index (χ0v) is 15.1. The molecule has 2 aromatic rings. The van der Waals surface area contributed by atoms with E-state index in [1.807, 2.05) is 24.9 Å². The lowest BCUT2D eigenvalue weighted by molar-refractivity contribution is 0.0718. The van der Waals surface area contributed by atoms with Gasteiger partial charge in [0.1, 0.15) is 5.69 Å². The van der Waals surface area contributed by atoms with Gasteiger partial charge in [0.15, 0.2) is 0 Å². The van der Waals surface area contributed by atoms with Gasteiger partial charge < -0.3 is 15.0 Å². The largest absolute Gasteiger partial charge is 0.481 e. The summed E-state index contributed by atoms with van der Waals surface area (Å²) in [5.74, 6) is 0.769. The molecule has 1 amide bonds. The van der Waals surface area contributed by atoms with Crippen LogP contribution >= 0.6 is 0 Å². The van der Waals surface area contributed by atoms with Gasteiger partial charge in [-0.05, 0) is 38.3 Å². The SMILES string of the molecule is COc1c(CNc2ccc(C(=O)N3CCCCC3)nc2)c(C)nn1C. The first kappa shape index (κ1) is 17.3. The first-order valence-corrected chi connectivity index (χ1v) is 8.66. The number of rotatable bonds is 5. The fraction of sp³-hybridized carbons (Fsp3) is 0.500. The second-order valence-electron chi connectivity index (χ2n) is 6.34. The van der Waals surface area contributed by atoms with Gasteiger partial charge in [-0.25, -0.2) is 9.67 Å². The van der Waals surface area contributed by atoms with Crippen molar-refractivity contribution in [1.82, 2.24) is 19.7 Å². The molecule has 0 atom stereocenters. The summed E-state index contributed by atoms with van der Waals surface area (Å²) in [6.07, 6.45) is 5.07. The van der Waals surface area contributed by atoms with Crippen molar-refractivity contribution in [2.75, 3.05) is 25.5 Å². The molecule has 0 spiro atoms. The minimum atomic E-state index is 0.0241. The molecule has 25 heavy (non-hydrogen) atoms. The monoisotopic (exact) mass is 343 g/mol. The molecule has 7 nitrogen and oxygen atoms in total. The first-order valence-electron chi connectivity index (χ1n) is 8.66. The van der Waals surface area contributed by atoms with E-state index in [1.165, 1.54) is 6.42 Å². The Balaban J connectivity index is 1.64. The summed E-state index contributed by atoms with van der Waals surface area (Å²) < 4.78 is 7.12. The average Bonchev–Trinajstić information content (AvgIpc) is 2.93. The third-order valence-electron chi connectivity index (χ3n) is 4.58. The zero-order chi connectivity index (χ0) is 17.8. The van der Waals surface area contributed by atoms with E-state index < -0.39 is 0 Å². The summed E-state index contributed by atoms with van der Waals surface area (Å²) in [5, 5.41) is 7.68. The van der Waals surface area contributed by atoms with Gasteiger partial charge in [0.05, 0.1) is 30.3 Å². The van der Waals surface area contributed by atoms with E-state index >= 15 is 0 Å². The lowest BCUT2D eigenvalue weighted by Gasteiger charge is -2.26. The Kier molecular flexibility index (Phi) is 5.21. The topological polar surface area (TPSA) is 72.3 Å². The van der Waals surface area contributed by atoms with Crippen molar-refractivity contribution in [2.45, 2.75) is 32.7 Å². The number of ether oxygens (including phenoxy) is 1. The number of nitrogens with zero attached hydrogens (tertiary/aromatic N) is 4. The van der Waals surface area contributed by atoms with Gasteiger partial charge in [-0.1, -0.05) is 0 Å². The number of carbonyl (C=O) groups excluding carboxylic acids is 1. The molecule has 0 saturated carbocycles. The summed E-state index contributed by atoms with van der Waals surface area (Å²) in [4.78, 5) is 18.7. The number of likely N-dealkylation sites (tertiary alicyclic amines) is 1. The van der Waals surface area contributed by atoms with Gasteiger partial charge in [0, 0.05) is 26.7 Å². The predicted octanol–water partition coefficient (Wildman–Crippen LogP) is 2.37. The lowest BCUT2D eigenvalue weighted by atomic mass is 10.1. The minimum Gasteiger partial charge on any atom is -0.481 e. The van der Waals surface area contributed by atoms with Crippen LogP contribution in [-0.4, -0.2) is 45.8 Å². The average molecular weight is 343 g/mol. The van der Waals surface area contributed by atoms with Gasteiger partial charge in [-0.15, -0.1) is 0 Å². The molecule has 0 unspecified atom stereocenters. The van der Waals surface area contributed by atoms with Crippen LogP contribution in [0.4, 0.5) is 5.69 Å². The fourth-order valence-corrected chi connectivity index (χ4v) is 3.21. The van der Waals surface area contributed by atoms with Crippen LogP contribution in [0.2, 0.25) is 0 Å². The van der Waals surface area contributed by atoms with E-state index in [0.717, 1.165) is 48.8 Å². The summed E-state index contributed by atoms with van der Waals surface area (Å²) in [6, 6.07) is 3.68. The molecule has 3 rings (SSSR count). The van der Waals surface area contributed by atoms with Crippen LogP contribution < -0.4 is 10.1 Å². The van der Waals surface area contributed by atoms with Crippen LogP contribution in [0, 0.1) is 6.92 Å². The normalized spacial score (nSPS) is 14.4. The number of pyridine rings is 1. The molecule has 1 aliphatic rings.